The lowest BCUT2D eigenvalue weighted by molar-refractivity contribution is -0.388. The van der Waals surface area contributed by atoms with Crippen molar-refractivity contribution in [1.82, 2.24) is 15.0 Å². The number of hydrogen-bond acceptors (Lipinski definition) is 6. The van der Waals surface area contributed by atoms with E-state index in [9.17, 15) is 14.9 Å². The monoisotopic (exact) mass is 266 g/mol. The summed E-state index contributed by atoms with van der Waals surface area (Å²) in [6, 6.07) is 2.20. The van der Waals surface area contributed by atoms with Crippen molar-refractivity contribution < 1.29 is 14.8 Å². The molecule has 0 unspecified atom stereocenters. The second kappa shape index (κ2) is 4.84. The second-order valence-electron chi connectivity index (χ2n) is 3.08. The minimum Gasteiger partial charge on any atom is -0.477 e. The van der Waals surface area contributed by atoms with Crippen LogP contribution >= 0.6 is 11.8 Å². The van der Waals surface area contributed by atoms with Crippen LogP contribution in [0.15, 0.2) is 34.7 Å². The van der Waals surface area contributed by atoms with E-state index in [1.54, 1.807) is 6.20 Å². The average molecular weight is 266 g/mol. The third-order valence-corrected chi connectivity index (χ3v) is 2.83. The maximum absolute atomic E-state index is 10.8. The van der Waals surface area contributed by atoms with E-state index in [-0.39, 0.29) is 16.4 Å². The maximum atomic E-state index is 10.8. The number of nitrogens with zero attached hydrogens (tertiary/aromatic N) is 3. The third kappa shape index (κ3) is 2.46. The average Bonchev–Trinajstić information content (AvgIpc) is 2.81. The van der Waals surface area contributed by atoms with E-state index < -0.39 is 10.9 Å². The van der Waals surface area contributed by atoms with Crippen molar-refractivity contribution in [2.75, 3.05) is 0 Å². The first kappa shape index (κ1) is 12.0. The highest BCUT2D eigenvalue weighted by molar-refractivity contribution is 7.99. The molecule has 18 heavy (non-hydrogen) atoms. The Kier molecular flexibility index (Phi) is 3.24. The van der Waals surface area contributed by atoms with Crippen LogP contribution in [0.25, 0.3) is 0 Å². The number of nitro groups is 1. The van der Waals surface area contributed by atoms with Crippen LogP contribution in [0.3, 0.4) is 0 Å². The van der Waals surface area contributed by atoms with Gasteiger partial charge in [-0.1, -0.05) is 0 Å². The summed E-state index contributed by atoms with van der Waals surface area (Å²) in [7, 11) is 0. The maximum Gasteiger partial charge on any atom is 0.354 e. The van der Waals surface area contributed by atoms with Crippen LogP contribution in [0.5, 0.6) is 0 Å². The molecule has 2 aromatic rings. The van der Waals surface area contributed by atoms with Crippen molar-refractivity contribution >= 4 is 23.4 Å². The van der Waals surface area contributed by atoms with Crippen LogP contribution in [0.4, 0.5) is 5.69 Å². The molecule has 0 bridgehead atoms. The molecule has 0 aliphatic rings. The number of nitrogens with one attached hydrogen (secondary N) is 1. The fourth-order valence-electron chi connectivity index (χ4n) is 1.16. The minimum absolute atomic E-state index is 0.0187. The molecule has 0 saturated carbocycles. The fraction of sp³-hybridized carbons (Fsp3) is 0. The lowest BCUT2D eigenvalue weighted by Gasteiger charge is -2.01. The number of hydrogen-bond donors (Lipinski definition) is 2. The van der Waals surface area contributed by atoms with Crippen molar-refractivity contribution in [3.05, 3.63) is 40.3 Å². The molecule has 9 heteroatoms. The molecule has 2 aromatic heterocycles. The number of carboxylic acid groups (broad SMARTS) is 1. The Morgan fingerprint density at radius 2 is 2.28 bits per heavy atom. The van der Waals surface area contributed by atoms with Gasteiger partial charge >= 0.3 is 11.7 Å². The Balaban J connectivity index is 2.43. The zero-order valence-electron chi connectivity index (χ0n) is 8.73. The van der Waals surface area contributed by atoms with Gasteiger partial charge in [0.1, 0.15) is 5.69 Å². The van der Waals surface area contributed by atoms with Crippen LogP contribution in [-0.4, -0.2) is 31.0 Å². The summed E-state index contributed by atoms with van der Waals surface area (Å²) in [4.78, 5) is 31.3. The number of aromatic nitrogens is 3. The molecule has 0 atom stereocenters. The Morgan fingerprint density at radius 1 is 1.50 bits per heavy atom. The third-order valence-electron chi connectivity index (χ3n) is 1.92. The van der Waals surface area contributed by atoms with Gasteiger partial charge in [0.15, 0.2) is 10.2 Å². The van der Waals surface area contributed by atoms with Gasteiger partial charge in [-0.05, 0) is 17.8 Å². The van der Waals surface area contributed by atoms with Crippen molar-refractivity contribution in [1.29, 1.82) is 0 Å². The smallest absolute Gasteiger partial charge is 0.354 e. The summed E-state index contributed by atoms with van der Waals surface area (Å²) in [5, 5.41) is 20.0. The molecule has 0 saturated heterocycles. The van der Waals surface area contributed by atoms with Crippen molar-refractivity contribution in [2.24, 2.45) is 0 Å². The first-order valence-electron chi connectivity index (χ1n) is 4.64. The summed E-state index contributed by atoms with van der Waals surface area (Å²) < 4.78 is 0. The number of H-pyrrole nitrogens is 1. The lowest BCUT2D eigenvalue weighted by atomic mass is 10.3. The van der Waals surface area contributed by atoms with Crippen molar-refractivity contribution in [2.45, 2.75) is 10.2 Å². The summed E-state index contributed by atoms with van der Waals surface area (Å²) in [6.45, 7) is 0. The first-order valence-corrected chi connectivity index (χ1v) is 5.45. The summed E-state index contributed by atoms with van der Waals surface area (Å²) in [5.74, 6) is -1.24. The number of carboxylic acids is 1. The Morgan fingerprint density at radius 3 is 2.83 bits per heavy atom. The quantitative estimate of drug-likeness (QED) is 0.635. The molecule has 0 spiro atoms. The van der Waals surface area contributed by atoms with Gasteiger partial charge in [0, 0.05) is 18.5 Å². The minimum atomic E-state index is -1.24. The molecular formula is C9H6N4O4S. The topological polar surface area (TPSA) is 122 Å². The number of aromatic carboxylic acids is 1. The van der Waals surface area contributed by atoms with Gasteiger partial charge in [-0.2, -0.15) is 0 Å². The van der Waals surface area contributed by atoms with Crippen LogP contribution in [0.1, 0.15) is 10.5 Å². The fourth-order valence-corrected chi connectivity index (χ4v) is 1.98. The largest absolute Gasteiger partial charge is 0.477 e. The Bertz CT molecular complexity index is 599. The molecule has 2 heterocycles. The molecular weight excluding hydrogens is 260 g/mol. The number of pyridine rings is 1. The summed E-state index contributed by atoms with van der Waals surface area (Å²) in [6.07, 6.45) is 3.03. The number of rotatable bonds is 4. The van der Waals surface area contributed by atoms with Crippen molar-refractivity contribution in [3.63, 3.8) is 0 Å². The number of aromatic amines is 1. The van der Waals surface area contributed by atoms with Gasteiger partial charge in [-0.15, -0.1) is 0 Å². The Hall–Kier alpha value is -2.42. The highest BCUT2D eigenvalue weighted by Gasteiger charge is 2.20. The van der Waals surface area contributed by atoms with Crippen LogP contribution in [0, 0.1) is 10.1 Å². The summed E-state index contributed by atoms with van der Waals surface area (Å²) in [5.41, 5.74) is -0.518. The molecule has 0 aliphatic carbocycles. The number of imidazole rings is 1. The Labute approximate surface area is 104 Å². The molecule has 2 N–H and O–H groups in total. The predicted molar refractivity (Wildman–Crippen MR) is 60.6 cm³/mol. The molecule has 0 amide bonds. The van der Waals surface area contributed by atoms with E-state index in [2.05, 4.69) is 15.0 Å². The van der Waals surface area contributed by atoms with Gasteiger partial charge < -0.3 is 10.1 Å². The van der Waals surface area contributed by atoms with E-state index in [0.717, 1.165) is 23.9 Å². The predicted octanol–water partition coefficient (Wildman–Crippen LogP) is 1.56. The van der Waals surface area contributed by atoms with E-state index >= 15 is 0 Å². The molecule has 0 aromatic carbocycles. The second-order valence-corrected chi connectivity index (χ2v) is 4.06. The molecule has 2 rings (SSSR count). The van der Waals surface area contributed by atoms with E-state index in [1.807, 2.05) is 0 Å². The van der Waals surface area contributed by atoms with Crippen LogP contribution in [0.2, 0.25) is 0 Å². The normalized spacial score (nSPS) is 10.2. The van der Waals surface area contributed by atoms with E-state index in [1.165, 1.54) is 6.20 Å². The molecule has 0 aliphatic heterocycles. The van der Waals surface area contributed by atoms with Crippen molar-refractivity contribution in [3.8, 4) is 0 Å². The standard InChI is InChI=1S/C9H6N4O4S/c14-8(15)5-1-2-6(13(16)17)7(12-5)18-9-10-3-4-11-9/h1-4H,(H,10,11)(H,14,15). The highest BCUT2D eigenvalue weighted by Crippen LogP contribution is 2.31. The van der Waals surface area contributed by atoms with Gasteiger partial charge in [0.05, 0.1) is 4.92 Å². The van der Waals surface area contributed by atoms with Gasteiger partial charge in [-0.3, -0.25) is 10.1 Å². The van der Waals surface area contributed by atoms with Gasteiger partial charge in [0.2, 0.25) is 0 Å². The molecule has 8 nitrogen and oxygen atoms in total. The zero-order chi connectivity index (χ0) is 13.1. The molecule has 0 fully saturated rings. The molecule has 0 radical (unpaired) electrons. The summed E-state index contributed by atoms with van der Waals surface area (Å²) >= 11 is 0.898. The van der Waals surface area contributed by atoms with E-state index in [0.29, 0.717) is 5.16 Å². The molecule has 92 valence electrons. The van der Waals surface area contributed by atoms with E-state index in [4.69, 9.17) is 5.11 Å². The number of carbonyl (C=O) groups is 1. The first-order chi connectivity index (χ1) is 8.58. The van der Waals surface area contributed by atoms with Gasteiger partial charge in [-0.25, -0.2) is 14.8 Å². The van der Waals surface area contributed by atoms with Crippen LogP contribution < -0.4 is 0 Å². The zero-order valence-corrected chi connectivity index (χ0v) is 9.55. The van der Waals surface area contributed by atoms with Gasteiger partial charge in [0.25, 0.3) is 0 Å². The SMILES string of the molecule is O=C(O)c1ccc([N+](=O)[O-])c(Sc2ncc[nH]2)n1. The van der Waals surface area contributed by atoms with Crippen LogP contribution in [-0.2, 0) is 0 Å². The lowest BCUT2D eigenvalue weighted by Crippen LogP contribution is -2.03. The highest BCUT2D eigenvalue weighted by atomic mass is 32.2.